The van der Waals surface area contributed by atoms with Crippen LogP contribution in [-0.4, -0.2) is 53.8 Å². The molecule has 1 atom stereocenters. The van der Waals surface area contributed by atoms with E-state index in [2.05, 4.69) is 15.4 Å². The Morgan fingerprint density at radius 3 is 2.64 bits per heavy atom. The van der Waals surface area contributed by atoms with Crippen LogP contribution in [0.2, 0.25) is 0 Å². The minimum atomic E-state index is -0.980. The van der Waals surface area contributed by atoms with Gasteiger partial charge in [0.25, 0.3) is 11.8 Å². The summed E-state index contributed by atoms with van der Waals surface area (Å²) in [6.07, 6.45) is 0.724. The fourth-order valence-electron chi connectivity index (χ4n) is 3.21. The number of ether oxygens (including phenoxy) is 1. The minimum Gasteiger partial charge on any atom is -0.450 e. The lowest BCUT2D eigenvalue weighted by Gasteiger charge is -2.27. The van der Waals surface area contributed by atoms with E-state index in [0.29, 0.717) is 25.1 Å². The summed E-state index contributed by atoms with van der Waals surface area (Å²) in [7, 11) is 0. The average molecular weight is 388 g/mol. The molecule has 28 heavy (non-hydrogen) atoms. The van der Waals surface area contributed by atoms with Crippen molar-refractivity contribution in [2.75, 3.05) is 18.5 Å². The fraction of sp³-hybridized carbons (Fsp3) is 0.389. The van der Waals surface area contributed by atoms with Gasteiger partial charge in [-0.2, -0.15) is 0 Å². The molecule has 0 spiro atoms. The molecule has 0 radical (unpaired) electrons. The van der Waals surface area contributed by atoms with Crippen molar-refractivity contribution in [3.63, 3.8) is 0 Å². The van der Waals surface area contributed by atoms with Gasteiger partial charge in [0.2, 0.25) is 11.8 Å². The molecule has 1 aromatic carbocycles. The van der Waals surface area contributed by atoms with E-state index in [1.165, 1.54) is 0 Å². The summed E-state index contributed by atoms with van der Waals surface area (Å²) in [5.74, 6) is -2.13. The molecule has 5 amide bonds. The van der Waals surface area contributed by atoms with Gasteiger partial charge < -0.3 is 15.8 Å². The van der Waals surface area contributed by atoms with Gasteiger partial charge in [-0.15, -0.1) is 0 Å². The van der Waals surface area contributed by atoms with E-state index in [9.17, 15) is 24.0 Å². The Morgan fingerprint density at radius 2 is 1.93 bits per heavy atom. The quantitative estimate of drug-likeness (QED) is 0.451. The monoisotopic (exact) mass is 388 g/mol. The predicted molar refractivity (Wildman–Crippen MR) is 96.4 cm³/mol. The third-order valence-electron chi connectivity index (χ3n) is 4.58. The van der Waals surface area contributed by atoms with Crippen LogP contribution in [0.5, 0.6) is 0 Å². The lowest BCUT2D eigenvalue weighted by atomic mass is 10.0. The number of carbonyl (C=O) groups is 5. The number of amides is 5. The zero-order valence-electron chi connectivity index (χ0n) is 15.0. The first-order valence-electron chi connectivity index (χ1n) is 8.90. The SMILES string of the molecule is NC(=O)OCCCCNc1ccc2c(c1)C(=O)N(C1CCC(=O)NC1=O)C2=O. The van der Waals surface area contributed by atoms with Crippen molar-refractivity contribution < 1.29 is 28.7 Å². The molecular formula is C18H20N4O6. The van der Waals surface area contributed by atoms with Gasteiger partial charge in [-0.1, -0.05) is 0 Å². The topological polar surface area (TPSA) is 148 Å². The van der Waals surface area contributed by atoms with Crippen molar-refractivity contribution in [3.05, 3.63) is 29.3 Å². The largest absolute Gasteiger partial charge is 0.450 e. The molecule has 10 heteroatoms. The van der Waals surface area contributed by atoms with Gasteiger partial charge in [0.15, 0.2) is 0 Å². The third kappa shape index (κ3) is 3.95. The molecule has 10 nitrogen and oxygen atoms in total. The van der Waals surface area contributed by atoms with Crippen LogP contribution in [0, 0.1) is 0 Å². The third-order valence-corrected chi connectivity index (χ3v) is 4.58. The first kappa shape index (κ1) is 19.3. The maximum absolute atomic E-state index is 12.7. The van der Waals surface area contributed by atoms with Gasteiger partial charge >= 0.3 is 6.09 Å². The number of hydrogen-bond acceptors (Lipinski definition) is 7. The average Bonchev–Trinajstić information content (AvgIpc) is 2.89. The maximum atomic E-state index is 12.7. The van der Waals surface area contributed by atoms with Crippen molar-refractivity contribution in [2.45, 2.75) is 31.7 Å². The van der Waals surface area contributed by atoms with Gasteiger partial charge in [-0.3, -0.25) is 29.4 Å². The molecule has 4 N–H and O–H groups in total. The number of fused-ring (bicyclic) bond motifs is 1. The highest BCUT2D eigenvalue weighted by molar-refractivity contribution is 6.23. The Balaban J connectivity index is 1.62. The molecule has 1 unspecified atom stereocenters. The van der Waals surface area contributed by atoms with Crippen LogP contribution < -0.4 is 16.4 Å². The summed E-state index contributed by atoms with van der Waals surface area (Å²) in [5.41, 5.74) is 5.98. The zero-order chi connectivity index (χ0) is 20.3. The normalized spacial score (nSPS) is 18.7. The maximum Gasteiger partial charge on any atom is 0.404 e. The molecule has 2 aliphatic heterocycles. The molecule has 0 bridgehead atoms. The highest BCUT2D eigenvalue weighted by Gasteiger charge is 2.44. The first-order chi connectivity index (χ1) is 13.4. The number of piperidine rings is 1. The Kier molecular flexibility index (Phi) is 5.57. The van der Waals surface area contributed by atoms with E-state index < -0.39 is 35.8 Å². The van der Waals surface area contributed by atoms with Gasteiger partial charge in [-0.05, 0) is 37.5 Å². The Labute approximate surface area is 160 Å². The van der Waals surface area contributed by atoms with Crippen molar-refractivity contribution in [2.24, 2.45) is 5.73 Å². The standard InChI is InChI=1S/C18H20N4O6/c19-18(27)28-8-2-1-7-20-10-3-4-11-12(9-10)17(26)22(16(11)25)13-5-6-14(23)21-15(13)24/h3-4,9,13,20H,1-2,5-8H2,(H2,19,27)(H,21,23,24). The second-order valence-electron chi connectivity index (χ2n) is 6.51. The first-order valence-corrected chi connectivity index (χ1v) is 8.90. The summed E-state index contributed by atoms with van der Waals surface area (Å²) in [5, 5.41) is 5.29. The number of nitrogens with one attached hydrogen (secondary N) is 2. The minimum absolute atomic E-state index is 0.0794. The van der Waals surface area contributed by atoms with Gasteiger partial charge in [-0.25, -0.2) is 4.79 Å². The van der Waals surface area contributed by atoms with Crippen molar-refractivity contribution in [1.29, 1.82) is 0 Å². The van der Waals surface area contributed by atoms with E-state index in [4.69, 9.17) is 5.73 Å². The molecule has 1 aromatic rings. The van der Waals surface area contributed by atoms with Crippen LogP contribution in [0.25, 0.3) is 0 Å². The zero-order valence-corrected chi connectivity index (χ0v) is 15.0. The van der Waals surface area contributed by atoms with E-state index in [1.54, 1.807) is 18.2 Å². The van der Waals surface area contributed by atoms with E-state index in [1.807, 2.05) is 0 Å². The molecule has 2 aliphatic rings. The summed E-state index contributed by atoms with van der Waals surface area (Å²) in [6, 6.07) is 3.81. The van der Waals surface area contributed by atoms with Crippen LogP contribution in [0.1, 0.15) is 46.4 Å². The molecular weight excluding hydrogens is 368 g/mol. The van der Waals surface area contributed by atoms with Crippen LogP contribution in [-0.2, 0) is 14.3 Å². The smallest absolute Gasteiger partial charge is 0.404 e. The molecule has 3 rings (SSSR count). The summed E-state index contributed by atoms with van der Waals surface area (Å²) in [4.78, 5) is 60.1. The summed E-state index contributed by atoms with van der Waals surface area (Å²) < 4.78 is 4.63. The van der Waals surface area contributed by atoms with E-state index >= 15 is 0 Å². The molecule has 148 valence electrons. The Hall–Kier alpha value is -3.43. The number of benzene rings is 1. The number of nitrogens with zero attached hydrogens (tertiary/aromatic N) is 1. The number of anilines is 1. The number of carbonyl (C=O) groups excluding carboxylic acids is 5. The highest BCUT2D eigenvalue weighted by atomic mass is 16.5. The van der Waals surface area contributed by atoms with E-state index in [-0.39, 0.29) is 30.6 Å². The molecule has 0 aromatic heterocycles. The Morgan fingerprint density at radius 1 is 1.18 bits per heavy atom. The van der Waals surface area contributed by atoms with Crippen molar-refractivity contribution in [1.82, 2.24) is 10.2 Å². The second kappa shape index (κ2) is 8.07. The fourth-order valence-corrected chi connectivity index (χ4v) is 3.21. The number of hydrogen-bond donors (Lipinski definition) is 3. The molecule has 1 fully saturated rings. The molecule has 0 aliphatic carbocycles. The number of unbranched alkanes of at least 4 members (excludes halogenated alkanes) is 1. The Bertz CT molecular complexity index is 852. The molecule has 1 saturated heterocycles. The van der Waals surface area contributed by atoms with Gasteiger partial charge in [0.05, 0.1) is 17.7 Å². The van der Waals surface area contributed by atoms with Gasteiger partial charge in [0.1, 0.15) is 6.04 Å². The number of primary amides is 1. The highest BCUT2D eigenvalue weighted by Crippen LogP contribution is 2.29. The van der Waals surface area contributed by atoms with Crippen LogP contribution in [0.4, 0.5) is 10.5 Å². The van der Waals surface area contributed by atoms with Crippen molar-refractivity contribution >= 4 is 35.4 Å². The lowest BCUT2D eigenvalue weighted by molar-refractivity contribution is -0.136. The van der Waals surface area contributed by atoms with Crippen LogP contribution >= 0.6 is 0 Å². The summed E-state index contributed by atoms with van der Waals surface area (Å²) >= 11 is 0. The summed E-state index contributed by atoms with van der Waals surface area (Å²) in [6.45, 7) is 0.801. The number of nitrogens with two attached hydrogens (primary N) is 1. The number of imide groups is 2. The van der Waals surface area contributed by atoms with E-state index in [0.717, 1.165) is 4.90 Å². The second-order valence-corrected chi connectivity index (χ2v) is 6.51. The molecule has 2 heterocycles. The molecule has 0 saturated carbocycles. The predicted octanol–water partition coefficient (Wildman–Crippen LogP) is 0.375. The van der Waals surface area contributed by atoms with Crippen LogP contribution in [0.15, 0.2) is 18.2 Å². The lowest BCUT2D eigenvalue weighted by Crippen LogP contribution is -2.54. The van der Waals surface area contributed by atoms with Crippen LogP contribution in [0.3, 0.4) is 0 Å². The van der Waals surface area contributed by atoms with Gasteiger partial charge in [0, 0.05) is 18.7 Å². The van der Waals surface area contributed by atoms with Crippen molar-refractivity contribution in [3.8, 4) is 0 Å². The number of rotatable bonds is 7.